The van der Waals surface area contributed by atoms with E-state index in [2.05, 4.69) is 54.9 Å². The summed E-state index contributed by atoms with van der Waals surface area (Å²) in [4.78, 5) is 0.440. The molecule has 1 heterocycles. The van der Waals surface area contributed by atoms with Crippen molar-refractivity contribution >= 4 is 15.9 Å². The molecule has 2 atom stereocenters. The molecule has 0 radical (unpaired) electrons. The molecule has 0 aromatic heterocycles. The average molecular weight is 297 g/mol. The van der Waals surface area contributed by atoms with Crippen LogP contribution < -0.4 is 4.74 Å². The van der Waals surface area contributed by atoms with E-state index in [0.29, 0.717) is 16.7 Å². The number of rotatable bonds is 3. The van der Waals surface area contributed by atoms with Crippen molar-refractivity contribution < 1.29 is 4.74 Å². The van der Waals surface area contributed by atoms with Crippen LogP contribution in [0.2, 0.25) is 0 Å². The zero-order chi connectivity index (χ0) is 12.4. The van der Waals surface area contributed by atoms with Crippen molar-refractivity contribution in [2.45, 2.75) is 38.4 Å². The van der Waals surface area contributed by atoms with Gasteiger partial charge in [0.15, 0.2) is 0 Å². The maximum Gasteiger partial charge on any atom is 0.122 e. The van der Waals surface area contributed by atoms with Gasteiger partial charge in [0.2, 0.25) is 0 Å². The minimum Gasteiger partial charge on any atom is -0.493 e. The summed E-state index contributed by atoms with van der Waals surface area (Å²) < 4.78 is 5.65. The summed E-state index contributed by atoms with van der Waals surface area (Å²) in [5.41, 5.74) is 2.75. The van der Waals surface area contributed by atoms with Gasteiger partial charge in [0.25, 0.3) is 0 Å². The van der Waals surface area contributed by atoms with E-state index in [1.165, 1.54) is 11.1 Å². The number of hydrogen-bond donors (Lipinski definition) is 0. The van der Waals surface area contributed by atoms with Crippen LogP contribution in [-0.4, -0.2) is 6.61 Å². The Morgan fingerprint density at radius 1 is 1.24 bits per heavy atom. The summed E-state index contributed by atoms with van der Waals surface area (Å²) in [6.07, 6.45) is 2.29. The molecule has 1 aliphatic rings. The lowest BCUT2D eigenvalue weighted by Crippen LogP contribution is -2.12. The van der Waals surface area contributed by atoms with Crippen molar-refractivity contribution in [3.05, 3.63) is 29.3 Å². The van der Waals surface area contributed by atoms with Crippen LogP contribution in [0.3, 0.4) is 0 Å². The van der Waals surface area contributed by atoms with Crippen molar-refractivity contribution in [2.75, 3.05) is 6.61 Å². The van der Waals surface area contributed by atoms with Crippen molar-refractivity contribution in [2.24, 2.45) is 11.8 Å². The molecule has 0 fully saturated rings. The minimum atomic E-state index is 0.440. The van der Waals surface area contributed by atoms with E-state index >= 15 is 0 Å². The fraction of sp³-hybridized carbons (Fsp3) is 0.600. The predicted octanol–water partition coefficient (Wildman–Crippen LogP) is 4.74. The van der Waals surface area contributed by atoms with E-state index in [9.17, 15) is 0 Å². The van der Waals surface area contributed by atoms with Gasteiger partial charge in [-0.15, -0.1) is 0 Å². The second-order valence-corrected chi connectivity index (χ2v) is 6.31. The lowest BCUT2D eigenvalue weighted by Gasteiger charge is -2.24. The van der Waals surface area contributed by atoms with Gasteiger partial charge in [-0.05, 0) is 41.9 Å². The number of aryl methyl sites for hydroxylation is 1. The first-order valence-electron chi connectivity index (χ1n) is 6.49. The average Bonchev–Trinajstić information content (AvgIpc) is 2.36. The third kappa shape index (κ3) is 2.85. The third-order valence-corrected chi connectivity index (χ3v) is 5.13. The SMILES string of the molecule is CC(C)C(C)C(Br)c1ccc2c(c1)CCCO2. The molecule has 2 unspecified atom stereocenters. The summed E-state index contributed by atoms with van der Waals surface area (Å²) in [6.45, 7) is 7.73. The second kappa shape index (κ2) is 5.43. The molecule has 1 aliphatic heterocycles. The number of fused-ring (bicyclic) bond motifs is 1. The molecular formula is C15H21BrO. The van der Waals surface area contributed by atoms with Crippen LogP contribution in [0.5, 0.6) is 5.75 Å². The van der Waals surface area contributed by atoms with Gasteiger partial charge in [-0.25, -0.2) is 0 Å². The van der Waals surface area contributed by atoms with Crippen molar-refractivity contribution in [1.29, 1.82) is 0 Å². The smallest absolute Gasteiger partial charge is 0.122 e. The van der Waals surface area contributed by atoms with E-state index in [0.717, 1.165) is 25.2 Å². The van der Waals surface area contributed by atoms with E-state index in [1.54, 1.807) is 0 Å². The quantitative estimate of drug-likeness (QED) is 0.732. The van der Waals surface area contributed by atoms with Crippen LogP contribution in [0.25, 0.3) is 0 Å². The Bertz CT molecular complexity index is 387. The highest BCUT2D eigenvalue weighted by molar-refractivity contribution is 9.09. The largest absolute Gasteiger partial charge is 0.493 e. The first kappa shape index (κ1) is 12.9. The standard InChI is InChI=1S/C15H21BrO/c1-10(2)11(3)15(16)13-6-7-14-12(9-13)5-4-8-17-14/h6-7,9-11,15H,4-5,8H2,1-3H3. The van der Waals surface area contributed by atoms with E-state index in [1.807, 2.05) is 0 Å². The predicted molar refractivity (Wildman–Crippen MR) is 75.9 cm³/mol. The number of benzene rings is 1. The number of hydrogen-bond acceptors (Lipinski definition) is 1. The normalized spacial score (nSPS) is 18.4. The van der Waals surface area contributed by atoms with Crippen LogP contribution >= 0.6 is 15.9 Å². The summed E-state index contributed by atoms with van der Waals surface area (Å²) in [5, 5.41) is 0. The van der Waals surface area contributed by atoms with Gasteiger partial charge in [0, 0.05) is 4.83 Å². The van der Waals surface area contributed by atoms with E-state index in [4.69, 9.17) is 4.74 Å². The second-order valence-electron chi connectivity index (χ2n) is 5.32. The van der Waals surface area contributed by atoms with Gasteiger partial charge in [-0.3, -0.25) is 0 Å². The highest BCUT2D eigenvalue weighted by Gasteiger charge is 2.21. The van der Waals surface area contributed by atoms with E-state index < -0.39 is 0 Å². The molecular weight excluding hydrogens is 276 g/mol. The fourth-order valence-corrected chi connectivity index (χ4v) is 3.09. The first-order chi connectivity index (χ1) is 8.09. The molecule has 0 aliphatic carbocycles. The topological polar surface area (TPSA) is 9.23 Å². The van der Waals surface area contributed by atoms with Gasteiger partial charge >= 0.3 is 0 Å². The summed E-state index contributed by atoms with van der Waals surface area (Å²) in [6, 6.07) is 6.64. The van der Waals surface area contributed by atoms with Crippen LogP contribution in [0, 0.1) is 11.8 Å². The number of alkyl halides is 1. The van der Waals surface area contributed by atoms with Crippen LogP contribution in [0.4, 0.5) is 0 Å². The van der Waals surface area contributed by atoms with Crippen molar-refractivity contribution in [3.63, 3.8) is 0 Å². The number of halogens is 1. The summed E-state index contributed by atoms with van der Waals surface area (Å²) in [5.74, 6) is 2.40. The van der Waals surface area contributed by atoms with Crippen LogP contribution in [0.15, 0.2) is 18.2 Å². The summed E-state index contributed by atoms with van der Waals surface area (Å²) in [7, 11) is 0. The van der Waals surface area contributed by atoms with E-state index in [-0.39, 0.29) is 0 Å². The molecule has 0 spiro atoms. The summed E-state index contributed by atoms with van der Waals surface area (Å²) >= 11 is 3.84. The zero-order valence-electron chi connectivity index (χ0n) is 10.9. The van der Waals surface area contributed by atoms with Gasteiger partial charge in [0.1, 0.15) is 5.75 Å². The molecule has 17 heavy (non-hydrogen) atoms. The van der Waals surface area contributed by atoms with Gasteiger partial charge in [-0.1, -0.05) is 48.8 Å². The monoisotopic (exact) mass is 296 g/mol. The minimum absolute atomic E-state index is 0.440. The molecule has 0 saturated carbocycles. The highest BCUT2D eigenvalue weighted by Crippen LogP contribution is 2.37. The Morgan fingerprint density at radius 2 is 2.00 bits per heavy atom. The molecule has 94 valence electrons. The molecule has 2 rings (SSSR count). The van der Waals surface area contributed by atoms with Gasteiger partial charge < -0.3 is 4.74 Å². The molecule has 0 bridgehead atoms. The molecule has 1 aromatic rings. The molecule has 0 saturated heterocycles. The Morgan fingerprint density at radius 3 is 2.71 bits per heavy atom. The first-order valence-corrected chi connectivity index (χ1v) is 7.41. The van der Waals surface area contributed by atoms with Crippen molar-refractivity contribution in [3.8, 4) is 5.75 Å². The van der Waals surface area contributed by atoms with Crippen LogP contribution in [-0.2, 0) is 6.42 Å². The van der Waals surface area contributed by atoms with Gasteiger partial charge in [-0.2, -0.15) is 0 Å². The maximum absolute atomic E-state index is 5.65. The molecule has 1 aromatic carbocycles. The van der Waals surface area contributed by atoms with Crippen molar-refractivity contribution in [1.82, 2.24) is 0 Å². The zero-order valence-corrected chi connectivity index (χ0v) is 12.5. The number of ether oxygens (including phenoxy) is 1. The molecule has 0 amide bonds. The molecule has 1 nitrogen and oxygen atoms in total. The lowest BCUT2D eigenvalue weighted by atomic mass is 9.89. The Balaban J connectivity index is 2.21. The molecule has 0 N–H and O–H groups in total. The Hall–Kier alpha value is -0.500. The van der Waals surface area contributed by atoms with Gasteiger partial charge in [0.05, 0.1) is 6.61 Å². The Kier molecular flexibility index (Phi) is 4.13. The van der Waals surface area contributed by atoms with Crippen LogP contribution in [0.1, 0.15) is 43.1 Å². The highest BCUT2D eigenvalue weighted by atomic mass is 79.9. The fourth-order valence-electron chi connectivity index (χ4n) is 2.19. The third-order valence-electron chi connectivity index (χ3n) is 3.76. The maximum atomic E-state index is 5.65. The molecule has 2 heteroatoms. The lowest BCUT2D eigenvalue weighted by molar-refractivity contribution is 0.288. The Labute approximate surface area is 113 Å².